The molecule has 0 fully saturated rings. The lowest BCUT2D eigenvalue weighted by Crippen LogP contribution is -2.29. The number of hydrogen-bond donors (Lipinski definition) is 2. The molecule has 2 atom stereocenters. The Labute approximate surface area is 108 Å². The Morgan fingerprint density at radius 2 is 2.12 bits per heavy atom. The Balaban J connectivity index is 2.81. The number of anilines is 1. The molecule has 1 rings (SSSR count). The second-order valence-corrected chi connectivity index (χ2v) is 4.86. The fraction of sp³-hybridized carbons (Fsp3) is 0.364. The number of nitrogens with one attached hydrogen (secondary N) is 1. The average molecular weight is 307 g/mol. The molecule has 1 aromatic carbocycles. The molecular weight excluding hydrogens is 293 g/mol. The van der Waals surface area contributed by atoms with Gasteiger partial charge in [0.25, 0.3) is 0 Å². The molecule has 3 nitrogen and oxygen atoms in total. The highest BCUT2D eigenvalue weighted by atomic mass is 79.9. The summed E-state index contributed by atoms with van der Waals surface area (Å²) in [7, 11) is 0. The number of aliphatic carboxylic acids is 1. The fourth-order valence-electron chi connectivity index (χ4n) is 1.20. The van der Waals surface area contributed by atoms with Crippen molar-refractivity contribution in [1.82, 2.24) is 0 Å². The summed E-state index contributed by atoms with van der Waals surface area (Å²) in [6.45, 7) is 3.49. The van der Waals surface area contributed by atoms with Crippen molar-refractivity contribution in [3.63, 3.8) is 0 Å². The van der Waals surface area contributed by atoms with Gasteiger partial charge in [-0.3, -0.25) is 4.79 Å². The molecule has 1 aromatic rings. The number of rotatable bonds is 4. The van der Waals surface area contributed by atoms with Gasteiger partial charge in [0.05, 0.1) is 21.1 Å². The lowest BCUT2D eigenvalue weighted by molar-refractivity contribution is -0.141. The van der Waals surface area contributed by atoms with E-state index in [0.717, 1.165) is 10.2 Å². The van der Waals surface area contributed by atoms with Gasteiger partial charge in [0, 0.05) is 6.04 Å². The van der Waals surface area contributed by atoms with E-state index in [4.69, 9.17) is 16.7 Å². The normalized spacial score (nSPS) is 14.2. The number of benzene rings is 1. The van der Waals surface area contributed by atoms with Gasteiger partial charge in [-0.05, 0) is 41.9 Å². The Morgan fingerprint density at radius 3 is 2.69 bits per heavy atom. The van der Waals surface area contributed by atoms with Crippen LogP contribution in [0.3, 0.4) is 0 Å². The Kier molecular flexibility index (Phi) is 4.62. The van der Waals surface area contributed by atoms with Gasteiger partial charge in [-0.15, -0.1) is 0 Å². The van der Waals surface area contributed by atoms with E-state index in [-0.39, 0.29) is 6.04 Å². The van der Waals surface area contributed by atoms with E-state index in [0.29, 0.717) is 5.02 Å². The van der Waals surface area contributed by atoms with Crippen LogP contribution in [0.15, 0.2) is 22.7 Å². The van der Waals surface area contributed by atoms with Crippen LogP contribution in [0.2, 0.25) is 5.02 Å². The molecule has 0 bridgehead atoms. The summed E-state index contributed by atoms with van der Waals surface area (Å²) in [6.07, 6.45) is 0. The van der Waals surface area contributed by atoms with Gasteiger partial charge in [-0.1, -0.05) is 17.7 Å². The van der Waals surface area contributed by atoms with Crippen LogP contribution in [-0.4, -0.2) is 17.1 Å². The minimum absolute atomic E-state index is 0.174. The maximum atomic E-state index is 10.8. The Hall–Kier alpha value is -0.740. The first-order chi connectivity index (χ1) is 7.43. The highest BCUT2D eigenvalue weighted by Crippen LogP contribution is 2.30. The largest absolute Gasteiger partial charge is 0.481 e. The predicted octanol–water partition coefficient (Wildman–Crippen LogP) is 3.62. The summed E-state index contributed by atoms with van der Waals surface area (Å²) in [4.78, 5) is 10.8. The van der Waals surface area contributed by atoms with Crippen LogP contribution < -0.4 is 5.32 Å². The molecule has 0 aliphatic carbocycles. The molecule has 0 saturated heterocycles. The van der Waals surface area contributed by atoms with E-state index < -0.39 is 11.9 Å². The third-order valence-corrected chi connectivity index (χ3v) is 3.87. The first-order valence-electron chi connectivity index (χ1n) is 4.87. The molecule has 0 amide bonds. The molecule has 88 valence electrons. The summed E-state index contributed by atoms with van der Waals surface area (Å²) in [5.41, 5.74) is 0.799. The minimum Gasteiger partial charge on any atom is -0.481 e. The zero-order chi connectivity index (χ0) is 12.3. The SMILES string of the molecule is CC(Nc1cccc(Cl)c1Br)C(C)C(=O)O. The highest BCUT2D eigenvalue weighted by Gasteiger charge is 2.19. The molecule has 0 spiro atoms. The molecule has 0 heterocycles. The van der Waals surface area contributed by atoms with E-state index in [2.05, 4.69) is 21.2 Å². The average Bonchev–Trinajstić information content (AvgIpc) is 2.23. The Bertz CT molecular complexity index is 398. The number of carboxylic acids is 1. The predicted molar refractivity (Wildman–Crippen MR) is 69.0 cm³/mol. The Morgan fingerprint density at radius 1 is 1.50 bits per heavy atom. The molecule has 2 unspecified atom stereocenters. The molecule has 16 heavy (non-hydrogen) atoms. The van der Waals surface area contributed by atoms with E-state index in [1.54, 1.807) is 13.0 Å². The van der Waals surface area contributed by atoms with Crippen LogP contribution in [0.25, 0.3) is 0 Å². The first kappa shape index (κ1) is 13.3. The number of hydrogen-bond acceptors (Lipinski definition) is 2. The van der Waals surface area contributed by atoms with Crippen molar-refractivity contribution in [3.05, 3.63) is 27.7 Å². The topological polar surface area (TPSA) is 49.3 Å². The highest BCUT2D eigenvalue weighted by molar-refractivity contribution is 9.10. The molecule has 0 saturated carbocycles. The van der Waals surface area contributed by atoms with E-state index in [9.17, 15) is 4.79 Å². The van der Waals surface area contributed by atoms with Crippen LogP contribution in [0.4, 0.5) is 5.69 Å². The standard InChI is InChI=1S/C11H13BrClNO2/c1-6(11(15)16)7(2)14-9-5-3-4-8(13)10(9)12/h3-7,14H,1-2H3,(H,15,16). The van der Waals surface area contributed by atoms with Crippen LogP contribution in [0.1, 0.15) is 13.8 Å². The molecular formula is C11H13BrClNO2. The number of halogens is 2. The third-order valence-electron chi connectivity index (χ3n) is 2.47. The van der Waals surface area contributed by atoms with Crippen molar-refractivity contribution in [3.8, 4) is 0 Å². The second kappa shape index (κ2) is 5.55. The maximum Gasteiger partial charge on any atom is 0.308 e. The van der Waals surface area contributed by atoms with Gasteiger partial charge >= 0.3 is 5.97 Å². The summed E-state index contributed by atoms with van der Waals surface area (Å²) in [5, 5.41) is 12.6. The first-order valence-corrected chi connectivity index (χ1v) is 6.04. The van der Waals surface area contributed by atoms with Crippen molar-refractivity contribution in [2.45, 2.75) is 19.9 Å². The van der Waals surface area contributed by atoms with Crippen molar-refractivity contribution in [2.24, 2.45) is 5.92 Å². The minimum atomic E-state index is -0.821. The third kappa shape index (κ3) is 3.12. The molecule has 0 aliphatic heterocycles. The quantitative estimate of drug-likeness (QED) is 0.893. The molecule has 0 aliphatic rings. The van der Waals surface area contributed by atoms with Crippen molar-refractivity contribution in [1.29, 1.82) is 0 Å². The molecule has 0 radical (unpaired) electrons. The van der Waals surface area contributed by atoms with E-state index in [1.165, 1.54) is 0 Å². The van der Waals surface area contributed by atoms with Gasteiger partial charge in [-0.25, -0.2) is 0 Å². The maximum absolute atomic E-state index is 10.8. The number of carboxylic acid groups (broad SMARTS) is 1. The summed E-state index contributed by atoms with van der Waals surface area (Å²) in [6, 6.07) is 5.25. The van der Waals surface area contributed by atoms with Crippen LogP contribution in [0, 0.1) is 5.92 Å². The smallest absolute Gasteiger partial charge is 0.308 e. The zero-order valence-electron chi connectivity index (χ0n) is 9.00. The van der Waals surface area contributed by atoms with Gasteiger partial charge < -0.3 is 10.4 Å². The van der Waals surface area contributed by atoms with Crippen LogP contribution in [0.5, 0.6) is 0 Å². The van der Waals surface area contributed by atoms with E-state index in [1.807, 2.05) is 19.1 Å². The molecule has 0 aromatic heterocycles. The van der Waals surface area contributed by atoms with Gasteiger partial charge in [0.2, 0.25) is 0 Å². The van der Waals surface area contributed by atoms with Crippen molar-refractivity contribution in [2.75, 3.05) is 5.32 Å². The molecule has 2 N–H and O–H groups in total. The zero-order valence-corrected chi connectivity index (χ0v) is 11.3. The lowest BCUT2D eigenvalue weighted by atomic mass is 10.0. The summed E-state index contributed by atoms with van der Waals surface area (Å²) in [5.74, 6) is -1.29. The van der Waals surface area contributed by atoms with Gasteiger partial charge in [0.15, 0.2) is 0 Å². The van der Waals surface area contributed by atoms with Crippen LogP contribution in [-0.2, 0) is 4.79 Å². The van der Waals surface area contributed by atoms with Gasteiger partial charge in [-0.2, -0.15) is 0 Å². The van der Waals surface area contributed by atoms with Crippen molar-refractivity contribution < 1.29 is 9.90 Å². The number of carbonyl (C=O) groups is 1. The summed E-state index contributed by atoms with van der Waals surface area (Å²) < 4.78 is 0.751. The lowest BCUT2D eigenvalue weighted by Gasteiger charge is -2.20. The van der Waals surface area contributed by atoms with Crippen molar-refractivity contribution >= 4 is 39.2 Å². The fourth-order valence-corrected chi connectivity index (χ4v) is 1.75. The second-order valence-electron chi connectivity index (χ2n) is 3.66. The summed E-state index contributed by atoms with van der Waals surface area (Å²) >= 11 is 9.29. The van der Waals surface area contributed by atoms with Gasteiger partial charge in [0.1, 0.15) is 0 Å². The molecule has 5 heteroatoms. The van der Waals surface area contributed by atoms with Crippen LogP contribution >= 0.6 is 27.5 Å². The van der Waals surface area contributed by atoms with E-state index >= 15 is 0 Å². The monoisotopic (exact) mass is 305 g/mol.